The van der Waals surface area contributed by atoms with Gasteiger partial charge in [-0.3, -0.25) is 4.79 Å². The number of anilines is 1. The van der Waals surface area contributed by atoms with Crippen LogP contribution in [-0.4, -0.2) is 17.6 Å². The Morgan fingerprint density at radius 3 is 2.48 bits per heavy atom. The van der Waals surface area contributed by atoms with Gasteiger partial charge in [-0.2, -0.15) is 0 Å². The second-order valence-electron chi connectivity index (χ2n) is 6.19. The molecule has 1 atom stereocenters. The molecule has 1 amide bonds. The van der Waals surface area contributed by atoms with E-state index in [2.05, 4.69) is 5.32 Å². The number of halogens is 1. The summed E-state index contributed by atoms with van der Waals surface area (Å²) in [6.07, 6.45) is -0.904. The van der Waals surface area contributed by atoms with Gasteiger partial charge >= 0.3 is 0 Å². The van der Waals surface area contributed by atoms with E-state index in [0.717, 1.165) is 5.56 Å². The highest BCUT2D eigenvalue weighted by atomic mass is 35.5. The number of carbonyl (C=O) groups is 1. The molecule has 0 bridgehead atoms. The van der Waals surface area contributed by atoms with E-state index >= 15 is 0 Å². The molecule has 138 valence electrons. The third-order valence-corrected chi connectivity index (χ3v) is 4.32. The molecular weight excluding hydrogens is 362 g/mol. The average molecular weight is 382 g/mol. The smallest absolute Gasteiger partial charge is 0.262 e. The molecule has 0 saturated carbocycles. The Balaban J connectivity index is 1.72. The van der Waals surface area contributed by atoms with Crippen LogP contribution in [0.1, 0.15) is 22.8 Å². The van der Waals surface area contributed by atoms with Crippen molar-refractivity contribution >= 4 is 23.2 Å². The van der Waals surface area contributed by atoms with Crippen LogP contribution in [0.4, 0.5) is 5.69 Å². The standard InChI is InChI=1S/C22H20ClNO3/c1-15-7-10-18(11-8-15)27-14-21(25)24-20-12-9-17(23)13-19(20)22(26)16-5-3-2-4-6-16/h2-13,22,26H,14H2,1H3,(H,24,25)/t22-/m0/s1. The van der Waals surface area contributed by atoms with Crippen LogP contribution in [0.5, 0.6) is 5.75 Å². The van der Waals surface area contributed by atoms with Gasteiger partial charge in [0.25, 0.3) is 5.91 Å². The van der Waals surface area contributed by atoms with Crippen molar-refractivity contribution in [2.75, 3.05) is 11.9 Å². The van der Waals surface area contributed by atoms with Gasteiger partial charge in [-0.15, -0.1) is 0 Å². The molecule has 3 rings (SSSR count). The third kappa shape index (κ3) is 5.09. The van der Waals surface area contributed by atoms with Crippen molar-refractivity contribution in [2.45, 2.75) is 13.0 Å². The molecule has 0 spiro atoms. The Kier molecular flexibility index (Phi) is 6.12. The number of ether oxygens (including phenoxy) is 1. The van der Waals surface area contributed by atoms with Crippen molar-refractivity contribution in [2.24, 2.45) is 0 Å². The molecular formula is C22H20ClNO3. The molecule has 5 heteroatoms. The summed E-state index contributed by atoms with van der Waals surface area (Å²) < 4.78 is 5.50. The van der Waals surface area contributed by atoms with E-state index < -0.39 is 6.10 Å². The van der Waals surface area contributed by atoms with Gasteiger partial charge in [0.15, 0.2) is 6.61 Å². The highest BCUT2D eigenvalue weighted by molar-refractivity contribution is 6.30. The number of aryl methyl sites for hydroxylation is 1. The van der Waals surface area contributed by atoms with Crippen LogP contribution >= 0.6 is 11.6 Å². The van der Waals surface area contributed by atoms with Crippen molar-refractivity contribution < 1.29 is 14.6 Å². The fraction of sp³-hybridized carbons (Fsp3) is 0.136. The fourth-order valence-corrected chi connectivity index (χ4v) is 2.84. The molecule has 27 heavy (non-hydrogen) atoms. The topological polar surface area (TPSA) is 58.6 Å². The zero-order chi connectivity index (χ0) is 19.2. The van der Waals surface area contributed by atoms with Crippen molar-refractivity contribution in [1.82, 2.24) is 0 Å². The summed E-state index contributed by atoms with van der Waals surface area (Å²) >= 11 is 6.09. The number of carbonyl (C=O) groups excluding carboxylic acids is 1. The molecule has 0 aliphatic rings. The number of aliphatic hydroxyl groups is 1. The van der Waals surface area contributed by atoms with Crippen LogP contribution < -0.4 is 10.1 Å². The van der Waals surface area contributed by atoms with Crippen LogP contribution in [-0.2, 0) is 4.79 Å². The first-order valence-electron chi connectivity index (χ1n) is 8.55. The van der Waals surface area contributed by atoms with Crippen LogP contribution in [0.15, 0.2) is 72.8 Å². The van der Waals surface area contributed by atoms with Crippen molar-refractivity contribution in [3.8, 4) is 5.75 Å². The minimum Gasteiger partial charge on any atom is -0.484 e. The van der Waals surface area contributed by atoms with Crippen LogP contribution in [0.3, 0.4) is 0 Å². The number of hydrogen-bond acceptors (Lipinski definition) is 3. The van der Waals surface area contributed by atoms with Gasteiger partial charge in [0.1, 0.15) is 11.9 Å². The minimum atomic E-state index is -0.904. The maximum Gasteiger partial charge on any atom is 0.262 e. The zero-order valence-corrected chi connectivity index (χ0v) is 15.6. The van der Waals surface area contributed by atoms with Gasteiger partial charge in [-0.1, -0.05) is 59.6 Å². The summed E-state index contributed by atoms with van der Waals surface area (Å²) in [6.45, 7) is 1.85. The van der Waals surface area contributed by atoms with E-state index in [1.54, 1.807) is 18.2 Å². The Morgan fingerprint density at radius 1 is 1.07 bits per heavy atom. The molecule has 3 aromatic carbocycles. The molecule has 0 heterocycles. The molecule has 0 unspecified atom stereocenters. The van der Waals surface area contributed by atoms with Crippen molar-refractivity contribution in [3.63, 3.8) is 0 Å². The van der Waals surface area contributed by atoms with Crippen LogP contribution in [0.25, 0.3) is 0 Å². The summed E-state index contributed by atoms with van der Waals surface area (Å²) in [4.78, 5) is 12.3. The predicted octanol–water partition coefficient (Wildman–Crippen LogP) is 4.75. The summed E-state index contributed by atoms with van der Waals surface area (Å²) in [5.41, 5.74) is 2.85. The lowest BCUT2D eigenvalue weighted by atomic mass is 10.00. The van der Waals surface area contributed by atoms with Gasteiger partial charge in [0.05, 0.1) is 0 Å². The minimum absolute atomic E-state index is 0.132. The third-order valence-electron chi connectivity index (χ3n) is 4.09. The van der Waals surface area contributed by atoms with E-state index in [-0.39, 0.29) is 12.5 Å². The molecule has 4 nitrogen and oxygen atoms in total. The first-order valence-corrected chi connectivity index (χ1v) is 8.92. The zero-order valence-electron chi connectivity index (χ0n) is 14.9. The van der Waals surface area contributed by atoms with Gasteiger partial charge in [0, 0.05) is 16.3 Å². The van der Waals surface area contributed by atoms with E-state index in [9.17, 15) is 9.90 Å². The lowest BCUT2D eigenvalue weighted by molar-refractivity contribution is -0.118. The number of aliphatic hydroxyl groups excluding tert-OH is 1. The first-order chi connectivity index (χ1) is 13.0. The quantitative estimate of drug-likeness (QED) is 0.648. The Bertz CT molecular complexity index is 911. The number of hydrogen-bond donors (Lipinski definition) is 2. The van der Waals surface area contributed by atoms with Gasteiger partial charge < -0.3 is 15.2 Å². The predicted molar refractivity (Wildman–Crippen MR) is 107 cm³/mol. The molecule has 0 fully saturated rings. The molecule has 0 aliphatic carbocycles. The Morgan fingerprint density at radius 2 is 1.78 bits per heavy atom. The SMILES string of the molecule is Cc1ccc(OCC(=O)Nc2ccc(Cl)cc2[C@@H](O)c2ccccc2)cc1. The molecule has 0 saturated heterocycles. The maximum absolute atomic E-state index is 12.3. The summed E-state index contributed by atoms with van der Waals surface area (Å²) in [7, 11) is 0. The molecule has 3 aromatic rings. The van der Waals surface area contributed by atoms with Gasteiger partial charge in [-0.25, -0.2) is 0 Å². The second kappa shape index (κ2) is 8.71. The number of amides is 1. The fourth-order valence-electron chi connectivity index (χ4n) is 2.66. The van der Waals surface area contributed by atoms with E-state index in [0.29, 0.717) is 27.6 Å². The number of rotatable bonds is 6. The molecule has 0 radical (unpaired) electrons. The van der Waals surface area contributed by atoms with Gasteiger partial charge in [-0.05, 0) is 42.8 Å². The monoisotopic (exact) mass is 381 g/mol. The maximum atomic E-state index is 12.3. The Hall–Kier alpha value is -2.82. The van der Waals surface area contributed by atoms with E-state index in [1.807, 2.05) is 61.5 Å². The second-order valence-corrected chi connectivity index (χ2v) is 6.63. The highest BCUT2D eigenvalue weighted by Crippen LogP contribution is 2.30. The summed E-state index contributed by atoms with van der Waals surface area (Å²) in [6, 6.07) is 21.6. The lowest BCUT2D eigenvalue weighted by Crippen LogP contribution is -2.21. The van der Waals surface area contributed by atoms with Crippen LogP contribution in [0, 0.1) is 6.92 Å². The molecule has 0 aliphatic heterocycles. The number of nitrogens with one attached hydrogen (secondary N) is 1. The summed E-state index contributed by atoms with van der Waals surface area (Å²) in [5, 5.41) is 14.0. The largest absolute Gasteiger partial charge is 0.484 e. The van der Waals surface area contributed by atoms with Gasteiger partial charge in [0.2, 0.25) is 0 Å². The average Bonchev–Trinajstić information content (AvgIpc) is 2.69. The molecule has 0 aromatic heterocycles. The first kappa shape index (κ1) is 19.0. The van der Waals surface area contributed by atoms with E-state index in [4.69, 9.17) is 16.3 Å². The Labute approximate surface area is 163 Å². The summed E-state index contributed by atoms with van der Waals surface area (Å²) in [5.74, 6) is 0.302. The van der Waals surface area contributed by atoms with Crippen molar-refractivity contribution in [1.29, 1.82) is 0 Å². The van der Waals surface area contributed by atoms with Crippen LogP contribution in [0.2, 0.25) is 5.02 Å². The van der Waals surface area contributed by atoms with E-state index in [1.165, 1.54) is 0 Å². The van der Waals surface area contributed by atoms with Crippen molar-refractivity contribution in [3.05, 3.63) is 94.5 Å². The molecule has 2 N–H and O–H groups in total. The highest BCUT2D eigenvalue weighted by Gasteiger charge is 2.17. The number of benzene rings is 3. The lowest BCUT2D eigenvalue weighted by Gasteiger charge is -2.17. The normalized spacial score (nSPS) is 11.7.